The van der Waals surface area contributed by atoms with Gasteiger partial charge in [0.05, 0.1) is 12.2 Å². The van der Waals surface area contributed by atoms with Crippen LogP contribution in [0.15, 0.2) is 0 Å². The first-order chi connectivity index (χ1) is 9.11. The monoisotopic (exact) mass is 266 g/mol. The van der Waals surface area contributed by atoms with Gasteiger partial charge in [-0.15, -0.1) is 0 Å². The Morgan fingerprint density at radius 2 is 1.89 bits per heavy atom. The summed E-state index contributed by atoms with van der Waals surface area (Å²) in [5.41, 5.74) is 0. The molecule has 1 heterocycles. The lowest BCUT2D eigenvalue weighted by molar-refractivity contribution is -0.130. The lowest BCUT2D eigenvalue weighted by atomic mass is 9.83. The number of amides is 1. The second kappa shape index (κ2) is 6.74. The minimum Gasteiger partial charge on any atom is -0.326 e. The van der Waals surface area contributed by atoms with Crippen LogP contribution in [-0.2, 0) is 4.79 Å². The summed E-state index contributed by atoms with van der Waals surface area (Å²) in [6.45, 7) is 7.64. The summed E-state index contributed by atoms with van der Waals surface area (Å²) < 4.78 is 0. The Morgan fingerprint density at radius 1 is 1.21 bits per heavy atom. The van der Waals surface area contributed by atoms with Crippen LogP contribution in [0.1, 0.15) is 65.7 Å². The van der Waals surface area contributed by atoms with Crippen molar-refractivity contribution in [2.24, 2.45) is 11.8 Å². The van der Waals surface area contributed by atoms with E-state index in [2.05, 4.69) is 31.0 Å². The molecular formula is C16H30N2O. The van der Waals surface area contributed by atoms with E-state index in [0.29, 0.717) is 5.91 Å². The van der Waals surface area contributed by atoms with Gasteiger partial charge in [0, 0.05) is 6.54 Å². The summed E-state index contributed by atoms with van der Waals surface area (Å²) in [6.07, 6.45) is 8.83. The van der Waals surface area contributed by atoms with Crippen LogP contribution in [0.5, 0.6) is 0 Å². The largest absolute Gasteiger partial charge is 0.326 e. The Morgan fingerprint density at radius 3 is 2.53 bits per heavy atom. The van der Waals surface area contributed by atoms with E-state index in [1.165, 1.54) is 32.1 Å². The number of hydrogen-bond acceptors (Lipinski definition) is 2. The molecule has 19 heavy (non-hydrogen) atoms. The predicted molar refractivity (Wildman–Crippen MR) is 78.7 cm³/mol. The first-order valence-electron chi connectivity index (χ1n) is 8.18. The molecule has 2 aliphatic rings. The minimum absolute atomic E-state index is 0.0810. The average Bonchev–Trinajstić information content (AvgIpc) is 2.66. The molecule has 1 saturated carbocycles. The zero-order chi connectivity index (χ0) is 13.8. The van der Waals surface area contributed by atoms with Gasteiger partial charge in [0.2, 0.25) is 5.91 Å². The molecule has 2 unspecified atom stereocenters. The van der Waals surface area contributed by atoms with Crippen molar-refractivity contribution in [3.63, 3.8) is 0 Å². The van der Waals surface area contributed by atoms with Crippen LogP contribution >= 0.6 is 0 Å². The molecule has 0 bridgehead atoms. The molecule has 1 aliphatic heterocycles. The summed E-state index contributed by atoms with van der Waals surface area (Å²) in [6, 6.07) is 0.0810. The molecule has 1 saturated heterocycles. The van der Waals surface area contributed by atoms with Crippen molar-refractivity contribution < 1.29 is 4.79 Å². The third-order valence-corrected chi connectivity index (χ3v) is 4.93. The summed E-state index contributed by atoms with van der Waals surface area (Å²) >= 11 is 0. The van der Waals surface area contributed by atoms with E-state index >= 15 is 0 Å². The lowest BCUT2D eigenvalue weighted by Gasteiger charge is -2.31. The molecule has 3 nitrogen and oxygen atoms in total. The third kappa shape index (κ3) is 3.71. The van der Waals surface area contributed by atoms with Crippen molar-refractivity contribution in [1.29, 1.82) is 0 Å². The van der Waals surface area contributed by atoms with Gasteiger partial charge in [-0.3, -0.25) is 10.1 Å². The summed E-state index contributed by atoms with van der Waals surface area (Å²) in [5.74, 6) is 1.97. The van der Waals surface area contributed by atoms with E-state index in [1.807, 2.05) is 0 Å². The fourth-order valence-corrected chi connectivity index (χ4v) is 3.50. The number of carbonyl (C=O) groups excluding carboxylic acids is 1. The second-order valence-corrected chi connectivity index (χ2v) is 6.65. The van der Waals surface area contributed by atoms with Crippen LogP contribution in [0, 0.1) is 11.8 Å². The maximum absolute atomic E-state index is 12.4. The molecule has 0 aromatic rings. The van der Waals surface area contributed by atoms with Gasteiger partial charge in [0.1, 0.15) is 0 Å². The fraction of sp³-hybridized carbons (Fsp3) is 0.938. The number of rotatable bonds is 5. The molecule has 2 atom stereocenters. The van der Waals surface area contributed by atoms with Gasteiger partial charge in [-0.05, 0) is 38.0 Å². The molecule has 1 aliphatic carbocycles. The Balaban J connectivity index is 1.84. The van der Waals surface area contributed by atoms with Gasteiger partial charge in [-0.1, -0.05) is 39.5 Å². The molecule has 3 heteroatoms. The van der Waals surface area contributed by atoms with Crippen LogP contribution in [0.25, 0.3) is 0 Å². The van der Waals surface area contributed by atoms with Gasteiger partial charge in [0.25, 0.3) is 0 Å². The highest BCUT2D eigenvalue weighted by molar-refractivity contribution is 5.84. The lowest BCUT2D eigenvalue weighted by Crippen LogP contribution is -2.39. The zero-order valence-electron chi connectivity index (χ0n) is 12.8. The first-order valence-corrected chi connectivity index (χ1v) is 8.18. The maximum atomic E-state index is 12.4. The Hall–Kier alpha value is -0.570. The molecule has 110 valence electrons. The fourth-order valence-electron chi connectivity index (χ4n) is 3.50. The second-order valence-electron chi connectivity index (χ2n) is 6.65. The van der Waals surface area contributed by atoms with E-state index in [-0.39, 0.29) is 12.2 Å². The maximum Gasteiger partial charge on any atom is 0.241 e. The summed E-state index contributed by atoms with van der Waals surface area (Å²) in [4.78, 5) is 14.5. The molecule has 0 aromatic heterocycles. The normalized spacial score (nSPS) is 35.9. The highest BCUT2D eigenvalue weighted by atomic mass is 16.2. The molecule has 2 rings (SSSR count). The zero-order valence-corrected chi connectivity index (χ0v) is 12.8. The molecule has 0 spiro atoms. The number of carbonyl (C=O) groups is 1. The molecule has 1 N–H and O–H groups in total. The van der Waals surface area contributed by atoms with Crippen molar-refractivity contribution >= 4 is 5.91 Å². The van der Waals surface area contributed by atoms with Crippen LogP contribution < -0.4 is 5.32 Å². The van der Waals surface area contributed by atoms with Crippen molar-refractivity contribution in [1.82, 2.24) is 10.2 Å². The SMILES string of the molecule is CCCCC1NC(C)N(CC2CCC(C)CC2)C1=O. The first kappa shape index (κ1) is 14.8. The van der Waals surface area contributed by atoms with Gasteiger partial charge >= 0.3 is 0 Å². The summed E-state index contributed by atoms with van der Waals surface area (Å²) in [5, 5.41) is 3.46. The van der Waals surface area contributed by atoms with Crippen LogP contribution in [-0.4, -0.2) is 29.6 Å². The Bertz CT molecular complexity index is 297. The van der Waals surface area contributed by atoms with E-state index in [1.54, 1.807) is 0 Å². The highest BCUT2D eigenvalue weighted by Crippen LogP contribution is 2.30. The van der Waals surface area contributed by atoms with E-state index in [9.17, 15) is 4.79 Å². The number of nitrogens with one attached hydrogen (secondary N) is 1. The van der Waals surface area contributed by atoms with Gasteiger partial charge in [-0.2, -0.15) is 0 Å². The van der Waals surface area contributed by atoms with E-state index < -0.39 is 0 Å². The average molecular weight is 266 g/mol. The van der Waals surface area contributed by atoms with Crippen molar-refractivity contribution in [3.8, 4) is 0 Å². The molecular weight excluding hydrogens is 236 g/mol. The predicted octanol–water partition coefficient (Wildman–Crippen LogP) is 3.15. The molecule has 2 fully saturated rings. The van der Waals surface area contributed by atoms with Gasteiger partial charge in [-0.25, -0.2) is 0 Å². The summed E-state index contributed by atoms with van der Waals surface area (Å²) in [7, 11) is 0. The van der Waals surface area contributed by atoms with Crippen molar-refractivity contribution in [2.75, 3.05) is 6.54 Å². The van der Waals surface area contributed by atoms with E-state index in [0.717, 1.165) is 31.2 Å². The molecule has 0 radical (unpaired) electrons. The van der Waals surface area contributed by atoms with Crippen LogP contribution in [0.3, 0.4) is 0 Å². The Kier molecular flexibility index (Phi) is 5.26. The van der Waals surface area contributed by atoms with Crippen molar-refractivity contribution in [2.45, 2.75) is 77.9 Å². The number of nitrogens with zero attached hydrogens (tertiary/aromatic N) is 1. The quantitative estimate of drug-likeness (QED) is 0.829. The third-order valence-electron chi connectivity index (χ3n) is 4.93. The van der Waals surface area contributed by atoms with Crippen LogP contribution in [0.2, 0.25) is 0 Å². The van der Waals surface area contributed by atoms with E-state index in [4.69, 9.17) is 0 Å². The number of unbranched alkanes of at least 4 members (excludes halogenated alkanes) is 1. The number of hydrogen-bond donors (Lipinski definition) is 1. The van der Waals surface area contributed by atoms with Gasteiger partial charge < -0.3 is 4.90 Å². The smallest absolute Gasteiger partial charge is 0.241 e. The highest BCUT2D eigenvalue weighted by Gasteiger charge is 2.37. The standard InChI is InChI=1S/C16H30N2O/c1-4-5-6-15-16(19)18(13(3)17-15)11-14-9-7-12(2)8-10-14/h12-15,17H,4-11H2,1-3H3. The Labute approximate surface area is 118 Å². The molecule has 1 amide bonds. The van der Waals surface area contributed by atoms with Crippen molar-refractivity contribution in [3.05, 3.63) is 0 Å². The topological polar surface area (TPSA) is 32.3 Å². The van der Waals surface area contributed by atoms with Gasteiger partial charge in [0.15, 0.2) is 0 Å². The van der Waals surface area contributed by atoms with Crippen LogP contribution in [0.4, 0.5) is 0 Å². The molecule has 0 aromatic carbocycles. The minimum atomic E-state index is 0.0810.